The number of imide groups is 1. The van der Waals surface area contributed by atoms with Gasteiger partial charge in [-0.05, 0) is 37.6 Å². The topological polar surface area (TPSA) is 81.1 Å². The standard InChI is InChI=1S/C21H20ClN3O3S/c1-13(2)25-20(28)16-9-8-15(22)11-17(16)23-21(25)29-12-19(27)24-18(26)10-14-6-4-3-5-7-14/h3-9,11,13H,10,12H2,1-2H3,(H,24,26,27). The van der Waals surface area contributed by atoms with Crippen LogP contribution >= 0.6 is 23.4 Å². The highest BCUT2D eigenvalue weighted by atomic mass is 35.5. The largest absolute Gasteiger partial charge is 0.295 e. The molecule has 8 heteroatoms. The average molecular weight is 430 g/mol. The van der Waals surface area contributed by atoms with Gasteiger partial charge in [0.25, 0.3) is 5.56 Å². The van der Waals surface area contributed by atoms with E-state index in [1.54, 1.807) is 22.8 Å². The molecule has 29 heavy (non-hydrogen) atoms. The molecule has 1 heterocycles. The van der Waals surface area contributed by atoms with Crippen LogP contribution in [0.4, 0.5) is 0 Å². The molecule has 1 N–H and O–H groups in total. The second-order valence-electron chi connectivity index (χ2n) is 6.75. The minimum absolute atomic E-state index is 0.0360. The molecule has 0 aliphatic heterocycles. The van der Waals surface area contributed by atoms with Crippen LogP contribution < -0.4 is 10.9 Å². The fourth-order valence-electron chi connectivity index (χ4n) is 2.86. The molecule has 6 nitrogen and oxygen atoms in total. The summed E-state index contributed by atoms with van der Waals surface area (Å²) in [5, 5.41) is 3.73. The van der Waals surface area contributed by atoms with Crippen molar-refractivity contribution in [3.05, 3.63) is 69.5 Å². The third-order valence-corrected chi connectivity index (χ3v) is 5.35. The summed E-state index contributed by atoms with van der Waals surface area (Å²) in [6.07, 6.45) is 0.126. The maximum absolute atomic E-state index is 12.8. The highest BCUT2D eigenvalue weighted by Crippen LogP contribution is 2.22. The lowest BCUT2D eigenvalue weighted by Gasteiger charge is -2.16. The molecule has 0 bridgehead atoms. The second kappa shape index (κ2) is 9.24. The summed E-state index contributed by atoms with van der Waals surface area (Å²) in [6, 6.07) is 14.0. The van der Waals surface area contributed by atoms with Gasteiger partial charge in [-0.15, -0.1) is 0 Å². The summed E-state index contributed by atoms with van der Waals surface area (Å²) in [5.74, 6) is -0.848. The maximum atomic E-state index is 12.8. The molecule has 0 saturated heterocycles. The highest BCUT2D eigenvalue weighted by Gasteiger charge is 2.16. The number of rotatable bonds is 6. The number of nitrogens with zero attached hydrogens (tertiary/aromatic N) is 2. The Morgan fingerprint density at radius 1 is 1.14 bits per heavy atom. The predicted octanol–water partition coefficient (Wildman–Crippen LogP) is 3.61. The van der Waals surface area contributed by atoms with Crippen molar-refractivity contribution in [2.45, 2.75) is 31.5 Å². The number of fused-ring (bicyclic) bond motifs is 1. The van der Waals surface area contributed by atoms with Gasteiger partial charge in [0.1, 0.15) is 0 Å². The first-order valence-corrected chi connectivity index (χ1v) is 10.4. The van der Waals surface area contributed by atoms with E-state index in [1.807, 2.05) is 44.2 Å². The van der Waals surface area contributed by atoms with Gasteiger partial charge in [-0.1, -0.05) is 53.7 Å². The van der Waals surface area contributed by atoms with E-state index < -0.39 is 5.91 Å². The first-order chi connectivity index (χ1) is 13.8. The van der Waals surface area contributed by atoms with Crippen molar-refractivity contribution in [1.29, 1.82) is 0 Å². The van der Waals surface area contributed by atoms with E-state index in [1.165, 1.54) is 0 Å². The number of aromatic nitrogens is 2. The lowest BCUT2D eigenvalue weighted by Crippen LogP contribution is -2.33. The van der Waals surface area contributed by atoms with Gasteiger partial charge in [-0.25, -0.2) is 4.98 Å². The molecule has 0 fully saturated rings. The van der Waals surface area contributed by atoms with E-state index in [2.05, 4.69) is 10.3 Å². The van der Waals surface area contributed by atoms with E-state index in [0.717, 1.165) is 17.3 Å². The van der Waals surface area contributed by atoms with Gasteiger partial charge in [0.05, 0.1) is 23.1 Å². The van der Waals surface area contributed by atoms with Gasteiger partial charge in [-0.2, -0.15) is 0 Å². The Morgan fingerprint density at radius 2 is 1.86 bits per heavy atom. The van der Waals surface area contributed by atoms with Crippen LogP contribution in [0.1, 0.15) is 25.5 Å². The van der Waals surface area contributed by atoms with Crippen LogP contribution in [0, 0.1) is 0 Å². The van der Waals surface area contributed by atoms with Crippen molar-refractivity contribution in [2.24, 2.45) is 0 Å². The summed E-state index contributed by atoms with van der Waals surface area (Å²) in [5.41, 5.74) is 1.11. The summed E-state index contributed by atoms with van der Waals surface area (Å²) in [4.78, 5) is 41.6. The first-order valence-electron chi connectivity index (χ1n) is 9.06. The molecule has 0 spiro atoms. The van der Waals surface area contributed by atoms with Crippen molar-refractivity contribution in [3.63, 3.8) is 0 Å². The van der Waals surface area contributed by atoms with Crippen LogP contribution in [0.3, 0.4) is 0 Å². The smallest absolute Gasteiger partial charge is 0.262 e. The fourth-order valence-corrected chi connectivity index (χ4v) is 3.95. The molecule has 0 saturated carbocycles. The Bertz CT molecular complexity index is 1110. The van der Waals surface area contributed by atoms with Crippen LogP contribution in [0.5, 0.6) is 0 Å². The quantitative estimate of drug-likeness (QED) is 0.478. The van der Waals surface area contributed by atoms with E-state index in [4.69, 9.17) is 11.6 Å². The van der Waals surface area contributed by atoms with Crippen LogP contribution in [0.15, 0.2) is 58.5 Å². The molecule has 0 radical (unpaired) electrons. The summed E-state index contributed by atoms with van der Waals surface area (Å²) in [7, 11) is 0. The van der Waals surface area contributed by atoms with E-state index in [9.17, 15) is 14.4 Å². The van der Waals surface area contributed by atoms with Crippen LogP contribution in [-0.2, 0) is 16.0 Å². The third kappa shape index (κ3) is 5.25. The van der Waals surface area contributed by atoms with Gasteiger partial charge >= 0.3 is 0 Å². The molecule has 0 aliphatic carbocycles. The normalized spacial score (nSPS) is 11.0. The number of hydrogen-bond acceptors (Lipinski definition) is 5. The van der Waals surface area contributed by atoms with Crippen LogP contribution in [0.2, 0.25) is 5.02 Å². The summed E-state index contributed by atoms with van der Waals surface area (Å²) < 4.78 is 1.54. The Kier molecular flexibility index (Phi) is 6.71. The minimum atomic E-state index is -0.438. The summed E-state index contributed by atoms with van der Waals surface area (Å²) >= 11 is 7.13. The molecule has 0 unspecified atom stereocenters. The Labute approximate surface area is 177 Å². The summed E-state index contributed by atoms with van der Waals surface area (Å²) in [6.45, 7) is 3.75. The Balaban J connectivity index is 1.74. The number of benzene rings is 2. The number of carbonyl (C=O) groups excluding carboxylic acids is 2. The van der Waals surface area contributed by atoms with Gasteiger partial charge < -0.3 is 0 Å². The number of hydrogen-bond donors (Lipinski definition) is 1. The van der Waals surface area contributed by atoms with E-state index in [0.29, 0.717) is 21.1 Å². The highest BCUT2D eigenvalue weighted by molar-refractivity contribution is 7.99. The van der Waals surface area contributed by atoms with Gasteiger partial charge in [-0.3, -0.25) is 24.3 Å². The van der Waals surface area contributed by atoms with E-state index >= 15 is 0 Å². The first kappa shape index (κ1) is 21.1. The van der Waals surface area contributed by atoms with Crippen molar-refractivity contribution < 1.29 is 9.59 Å². The number of halogens is 1. The molecular formula is C21H20ClN3O3S. The zero-order chi connectivity index (χ0) is 21.0. The molecule has 3 rings (SSSR count). The van der Waals surface area contributed by atoms with Crippen molar-refractivity contribution >= 4 is 46.1 Å². The number of thioether (sulfide) groups is 1. The Hall–Kier alpha value is -2.64. The molecule has 1 aromatic heterocycles. The van der Waals surface area contributed by atoms with Gasteiger partial charge in [0, 0.05) is 11.1 Å². The number of amides is 2. The predicted molar refractivity (Wildman–Crippen MR) is 115 cm³/mol. The van der Waals surface area contributed by atoms with Crippen molar-refractivity contribution in [2.75, 3.05) is 5.75 Å². The molecule has 0 aliphatic rings. The molecule has 3 aromatic rings. The lowest BCUT2D eigenvalue weighted by atomic mass is 10.1. The second-order valence-corrected chi connectivity index (χ2v) is 8.13. The Morgan fingerprint density at radius 3 is 2.55 bits per heavy atom. The lowest BCUT2D eigenvalue weighted by molar-refractivity contribution is -0.128. The van der Waals surface area contributed by atoms with E-state index in [-0.39, 0.29) is 29.7 Å². The SMILES string of the molecule is CC(C)n1c(SCC(=O)NC(=O)Cc2ccccc2)nc2cc(Cl)ccc2c1=O. The van der Waals surface area contributed by atoms with Crippen molar-refractivity contribution in [1.82, 2.24) is 14.9 Å². The van der Waals surface area contributed by atoms with Gasteiger partial charge in [0.2, 0.25) is 11.8 Å². The molecular weight excluding hydrogens is 410 g/mol. The van der Waals surface area contributed by atoms with Crippen molar-refractivity contribution in [3.8, 4) is 0 Å². The average Bonchev–Trinajstić information content (AvgIpc) is 2.66. The maximum Gasteiger partial charge on any atom is 0.262 e. The monoisotopic (exact) mass is 429 g/mol. The molecule has 150 valence electrons. The molecule has 2 aromatic carbocycles. The number of nitrogens with one attached hydrogen (secondary N) is 1. The minimum Gasteiger partial charge on any atom is -0.295 e. The van der Waals surface area contributed by atoms with Crippen LogP contribution in [0.25, 0.3) is 10.9 Å². The van der Waals surface area contributed by atoms with Gasteiger partial charge in [0.15, 0.2) is 5.16 Å². The van der Waals surface area contributed by atoms with Crippen LogP contribution in [-0.4, -0.2) is 27.1 Å². The third-order valence-electron chi connectivity index (χ3n) is 4.17. The number of carbonyl (C=O) groups is 2. The zero-order valence-electron chi connectivity index (χ0n) is 16.0. The molecule has 0 atom stereocenters. The molecule has 2 amide bonds. The zero-order valence-corrected chi connectivity index (χ0v) is 17.6. The fraction of sp³-hybridized carbons (Fsp3) is 0.238.